The summed E-state index contributed by atoms with van der Waals surface area (Å²) in [4.78, 5) is 7.55. The summed E-state index contributed by atoms with van der Waals surface area (Å²) in [6.45, 7) is 10.9. The van der Waals surface area contributed by atoms with E-state index in [-0.39, 0.29) is 0 Å². The molecule has 5 nitrogen and oxygen atoms in total. The zero-order chi connectivity index (χ0) is 17.1. The smallest absolute Gasteiger partial charge is 0.143 e. The fourth-order valence-corrected chi connectivity index (χ4v) is 3.88. The summed E-state index contributed by atoms with van der Waals surface area (Å²) in [7, 11) is 3.88. The van der Waals surface area contributed by atoms with Gasteiger partial charge in [-0.2, -0.15) is 0 Å². The quantitative estimate of drug-likeness (QED) is 0.857. The molecule has 0 radical (unpaired) electrons. The number of likely N-dealkylation sites (N-methyl/N-ethyl adjacent to an activating group) is 1. The predicted molar refractivity (Wildman–Crippen MR) is 102 cm³/mol. The molecule has 2 aliphatic heterocycles. The van der Waals surface area contributed by atoms with Crippen LogP contribution < -0.4 is 15.4 Å². The van der Waals surface area contributed by atoms with E-state index in [0.717, 1.165) is 30.4 Å². The third kappa shape index (κ3) is 3.52. The fraction of sp³-hybridized carbons (Fsp3) is 0.579. The van der Waals surface area contributed by atoms with Crippen LogP contribution in [0.1, 0.15) is 18.4 Å². The molecule has 5 heteroatoms. The Kier molecular flexibility index (Phi) is 5.31. The second-order valence-corrected chi connectivity index (χ2v) is 6.91. The first-order chi connectivity index (χ1) is 11.6. The highest BCUT2D eigenvalue weighted by Crippen LogP contribution is 2.34. The van der Waals surface area contributed by atoms with Crippen molar-refractivity contribution in [3.8, 4) is 5.75 Å². The topological polar surface area (TPSA) is 45.0 Å². The Balaban J connectivity index is 1.67. The van der Waals surface area contributed by atoms with Gasteiger partial charge in [-0.25, -0.2) is 0 Å². The number of benzene rings is 1. The second kappa shape index (κ2) is 7.45. The van der Waals surface area contributed by atoms with Crippen LogP contribution in [0.2, 0.25) is 0 Å². The number of piperazine rings is 1. The molecule has 132 valence electrons. The van der Waals surface area contributed by atoms with Gasteiger partial charge in [0.05, 0.1) is 12.8 Å². The number of methoxy groups -OCH3 is 1. The maximum absolute atomic E-state index is 6.03. The van der Waals surface area contributed by atoms with Crippen molar-refractivity contribution < 1.29 is 4.74 Å². The Morgan fingerprint density at radius 3 is 2.38 bits per heavy atom. The molecule has 0 amide bonds. The summed E-state index contributed by atoms with van der Waals surface area (Å²) in [5.41, 5.74) is 8.98. The molecule has 0 unspecified atom stereocenters. The standard InChI is InChI=1S/C19H30N4O/c1-4-15-13-17(20)19(24-3)14-18(15)23-7-5-16(6-8-23)22-11-9-21(2)10-12-22/h4,13-14,16H,1,5-12,20H2,2-3H3. The number of anilines is 2. The van der Waals surface area contributed by atoms with Gasteiger partial charge in [0.15, 0.2) is 0 Å². The van der Waals surface area contributed by atoms with Gasteiger partial charge in [-0.15, -0.1) is 0 Å². The van der Waals surface area contributed by atoms with Crippen LogP contribution in [0.4, 0.5) is 11.4 Å². The van der Waals surface area contributed by atoms with Crippen molar-refractivity contribution in [2.24, 2.45) is 0 Å². The van der Waals surface area contributed by atoms with Crippen LogP contribution in [-0.4, -0.2) is 69.3 Å². The summed E-state index contributed by atoms with van der Waals surface area (Å²) in [5, 5.41) is 0. The fourth-order valence-electron chi connectivity index (χ4n) is 3.88. The van der Waals surface area contributed by atoms with Crippen molar-refractivity contribution in [2.75, 3.05) is 64.1 Å². The number of ether oxygens (including phenoxy) is 1. The molecule has 2 aliphatic rings. The van der Waals surface area contributed by atoms with Crippen molar-refractivity contribution in [2.45, 2.75) is 18.9 Å². The van der Waals surface area contributed by atoms with Crippen LogP contribution in [0, 0.1) is 0 Å². The first-order valence-corrected chi connectivity index (χ1v) is 8.90. The minimum absolute atomic E-state index is 0.670. The molecule has 2 saturated heterocycles. The van der Waals surface area contributed by atoms with Crippen LogP contribution in [0.15, 0.2) is 18.7 Å². The highest BCUT2D eigenvalue weighted by molar-refractivity contribution is 5.75. The Hall–Kier alpha value is -1.72. The largest absolute Gasteiger partial charge is 0.495 e. The third-order valence-corrected chi connectivity index (χ3v) is 5.46. The Bertz CT molecular complexity index is 573. The van der Waals surface area contributed by atoms with Crippen molar-refractivity contribution in [3.63, 3.8) is 0 Å². The van der Waals surface area contributed by atoms with Crippen LogP contribution in [-0.2, 0) is 0 Å². The summed E-state index contributed by atoms with van der Waals surface area (Å²) < 4.78 is 5.40. The molecule has 0 bridgehead atoms. The lowest BCUT2D eigenvalue weighted by molar-refractivity contribution is 0.0982. The van der Waals surface area contributed by atoms with E-state index in [9.17, 15) is 0 Å². The zero-order valence-corrected chi connectivity index (χ0v) is 15.0. The molecular formula is C19H30N4O. The van der Waals surface area contributed by atoms with E-state index in [1.807, 2.05) is 12.1 Å². The maximum atomic E-state index is 6.03. The summed E-state index contributed by atoms with van der Waals surface area (Å²) >= 11 is 0. The lowest BCUT2D eigenvalue weighted by Crippen LogP contribution is -2.52. The van der Waals surface area contributed by atoms with Gasteiger partial charge in [-0.3, -0.25) is 4.90 Å². The Morgan fingerprint density at radius 1 is 1.12 bits per heavy atom. The van der Waals surface area contributed by atoms with E-state index in [0.29, 0.717) is 5.69 Å². The highest BCUT2D eigenvalue weighted by Gasteiger charge is 2.27. The number of hydrogen-bond donors (Lipinski definition) is 1. The molecule has 0 aliphatic carbocycles. The molecular weight excluding hydrogens is 300 g/mol. The number of nitrogens with two attached hydrogens (primary N) is 1. The van der Waals surface area contributed by atoms with E-state index in [2.05, 4.69) is 34.4 Å². The SMILES string of the molecule is C=Cc1cc(N)c(OC)cc1N1CCC(N2CCN(C)CC2)CC1. The van der Waals surface area contributed by atoms with Gasteiger partial charge in [0.2, 0.25) is 0 Å². The van der Waals surface area contributed by atoms with Gasteiger partial charge in [0, 0.05) is 57.1 Å². The third-order valence-electron chi connectivity index (χ3n) is 5.46. The van der Waals surface area contributed by atoms with E-state index in [1.54, 1.807) is 7.11 Å². The number of rotatable bonds is 4. The summed E-state index contributed by atoms with van der Waals surface area (Å²) in [6.07, 6.45) is 4.32. The van der Waals surface area contributed by atoms with E-state index in [4.69, 9.17) is 10.5 Å². The van der Waals surface area contributed by atoms with Gasteiger partial charge in [0.25, 0.3) is 0 Å². The van der Waals surface area contributed by atoms with Crippen molar-refractivity contribution in [1.82, 2.24) is 9.80 Å². The van der Waals surface area contributed by atoms with Crippen LogP contribution in [0.3, 0.4) is 0 Å². The number of nitrogens with zero attached hydrogens (tertiary/aromatic N) is 3. The molecule has 2 N–H and O–H groups in total. The van der Waals surface area contributed by atoms with Gasteiger partial charge in [-0.1, -0.05) is 12.7 Å². The van der Waals surface area contributed by atoms with Crippen molar-refractivity contribution in [3.05, 3.63) is 24.3 Å². The lowest BCUT2D eigenvalue weighted by atomic mass is 10.00. The van der Waals surface area contributed by atoms with E-state index < -0.39 is 0 Å². The number of hydrogen-bond acceptors (Lipinski definition) is 5. The normalized spacial score (nSPS) is 21.0. The minimum atomic E-state index is 0.670. The first kappa shape index (κ1) is 17.1. The molecule has 1 aromatic carbocycles. The Morgan fingerprint density at radius 2 is 1.79 bits per heavy atom. The van der Waals surface area contributed by atoms with E-state index in [1.165, 1.54) is 44.7 Å². The summed E-state index contributed by atoms with van der Waals surface area (Å²) in [6, 6.07) is 4.74. The summed E-state index contributed by atoms with van der Waals surface area (Å²) in [5.74, 6) is 0.747. The molecule has 0 saturated carbocycles. The second-order valence-electron chi connectivity index (χ2n) is 6.91. The van der Waals surface area contributed by atoms with Crippen molar-refractivity contribution >= 4 is 17.5 Å². The first-order valence-electron chi connectivity index (χ1n) is 8.90. The molecule has 0 spiro atoms. The zero-order valence-electron chi connectivity index (χ0n) is 15.0. The van der Waals surface area contributed by atoms with Crippen LogP contribution in [0.5, 0.6) is 5.75 Å². The molecule has 24 heavy (non-hydrogen) atoms. The maximum Gasteiger partial charge on any atom is 0.143 e. The van der Waals surface area contributed by atoms with Crippen LogP contribution in [0.25, 0.3) is 6.08 Å². The van der Waals surface area contributed by atoms with Gasteiger partial charge >= 0.3 is 0 Å². The molecule has 0 atom stereocenters. The Labute approximate surface area is 145 Å². The number of piperidine rings is 1. The molecule has 2 heterocycles. The highest BCUT2D eigenvalue weighted by atomic mass is 16.5. The monoisotopic (exact) mass is 330 g/mol. The van der Waals surface area contributed by atoms with Gasteiger partial charge in [0.1, 0.15) is 5.75 Å². The predicted octanol–water partition coefficient (Wildman–Crippen LogP) is 2.14. The van der Waals surface area contributed by atoms with E-state index >= 15 is 0 Å². The van der Waals surface area contributed by atoms with Gasteiger partial charge < -0.3 is 20.3 Å². The average molecular weight is 330 g/mol. The number of nitrogen functional groups attached to an aromatic ring is 1. The van der Waals surface area contributed by atoms with Crippen LogP contribution >= 0.6 is 0 Å². The van der Waals surface area contributed by atoms with Crippen molar-refractivity contribution in [1.29, 1.82) is 0 Å². The lowest BCUT2D eigenvalue weighted by Gasteiger charge is -2.43. The molecule has 3 rings (SSSR count). The minimum Gasteiger partial charge on any atom is -0.495 e. The molecule has 0 aromatic heterocycles. The molecule has 2 fully saturated rings. The molecule has 1 aromatic rings. The van der Waals surface area contributed by atoms with Gasteiger partial charge in [-0.05, 0) is 31.5 Å². The average Bonchev–Trinajstić information content (AvgIpc) is 2.62.